The van der Waals surface area contributed by atoms with E-state index in [1.807, 2.05) is 59.5 Å². The minimum atomic E-state index is -0.198. The van der Waals surface area contributed by atoms with Crippen LogP contribution in [0.3, 0.4) is 0 Å². The van der Waals surface area contributed by atoms with Gasteiger partial charge in [-0.15, -0.1) is 11.3 Å². The highest BCUT2D eigenvalue weighted by atomic mass is 32.1. The van der Waals surface area contributed by atoms with Crippen molar-refractivity contribution in [2.45, 2.75) is 13.1 Å². The van der Waals surface area contributed by atoms with Gasteiger partial charge in [0.15, 0.2) is 0 Å². The topological polar surface area (TPSA) is 23.6 Å². The Morgan fingerprint density at radius 2 is 1.37 bits per heavy atom. The van der Waals surface area contributed by atoms with Gasteiger partial charge in [-0.1, -0.05) is 60.7 Å². The van der Waals surface area contributed by atoms with Gasteiger partial charge >= 0.3 is 0 Å². The molecule has 0 saturated heterocycles. The van der Waals surface area contributed by atoms with Gasteiger partial charge in [-0.2, -0.15) is 0 Å². The van der Waals surface area contributed by atoms with Crippen LogP contribution >= 0.6 is 11.3 Å². The fourth-order valence-electron chi connectivity index (χ4n) is 4.20. The Hall–Kier alpha value is -3.37. The Labute approximate surface area is 180 Å². The Morgan fingerprint density at radius 1 is 0.733 bits per heavy atom. The summed E-state index contributed by atoms with van der Waals surface area (Å²) in [7, 11) is 2.07. The van der Waals surface area contributed by atoms with Gasteiger partial charge in [-0.3, -0.25) is 9.69 Å². The molecule has 1 atom stereocenters. The minimum absolute atomic E-state index is 0.0307. The van der Waals surface area contributed by atoms with Crippen LogP contribution in [0.2, 0.25) is 0 Å². The van der Waals surface area contributed by atoms with Crippen molar-refractivity contribution in [3.8, 4) is 11.1 Å². The monoisotopic (exact) mass is 410 g/mol. The summed E-state index contributed by atoms with van der Waals surface area (Å²) in [6.45, 7) is 2.11. The van der Waals surface area contributed by atoms with Gasteiger partial charge in [0, 0.05) is 22.4 Å². The molecule has 148 valence electrons. The molecule has 1 unspecified atom stereocenters. The number of rotatable bonds is 3. The van der Waals surface area contributed by atoms with Crippen LogP contribution in [0.1, 0.15) is 26.3 Å². The first-order valence-corrected chi connectivity index (χ1v) is 10.8. The van der Waals surface area contributed by atoms with E-state index in [-0.39, 0.29) is 12.1 Å². The summed E-state index contributed by atoms with van der Waals surface area (Å²) < 4.78 is 0. The maximum atomic E-state index is 13.8. The van der Waals surface area contributed by atoms with E-state index in [0.29, 0.717) is 0 Å². The van der Waals surface area contributed by atoms with E-state index in [0.717, 1.165) is 32.9 Å². The third-order valence-corrected chi connectivity index (χ3v) is 6.65. The van der Waals surface area contributed by atoms with Gasteiger partial charge < -0.3 is 4.90 Å². The number of hydrogen-bond donors (Lipinski definition) is 0. The number of para-hydroxylation sites is 2. The molecule has 1 aromatic heterocycles. The summed E-state index contributed by atoms with van der Waals surface area (Å²) >= 11 is 1.74. The molecular weight excluding hydrogens is 388 g/mol. The van der Waals surface area contributed by atoms with E-state index in [2.05, 4.69) is 55.3 Å². The zero-order valence-corrected chi connectivity index (χ0v) is 17.8. The molecule has 0 bridgehead atoms. The van der Waals surface area contributed by atoms with E-state index in [1.165, 1.54) is 4.88 Å². The SMILES string of the molecule is Cc1ccc(C2N(C)c3ccccc3C(=O)N2c2ccccc2-c2ccccc2)s1. The van der Waals surface area contributed by atoms with Crippen LogP contribution in [0.25, 0.3) is 11.1 Å². The summed E-state index contributed by atoms with van der Waals surface area (Å²) in [5, 5.41) is 0. The second-order valence-electron chi connectivity index (χ2n) is 7.51. The van der Waals surface area contributed by atoms with Crippen LogP contribution in [-0.2, 0) is 0 Å². The van der Waals surface area contributed by atoms with E-state index in [1.54, 1.807) is 11.3 Å². The first-order valence-electron chi connectivity index (χ1n) is 10.0. The van der Waals surface area contributed by atoms with Gasteiger partial charge in [0.2, 0.25) is 0 Å². The van der Waals surface area contributed by atoms with Crippen molar-refractivity contribution < 1.29 is 4.79 Å². The lowest BCUT2D eigenvalue weighted by Gasteiger charge is -2.44. The van der Waals surface area contributed by atoms with Crippen LogP contribution in [-0.4, -0.2) is 13.0 Å². The third kappa shape index (κ3) is 3.01. The second kappa shape index (κ2) is 7.47. The smallest absolute Gasteiger partial charge is 0.262 e. The standard InChI is InChI=1S/C26H22N2OS/c1-18-16-17-24(30-18)25-27(2)22-14-8-7-13-21(22)26(29)28(25)23-15-9-6-12-20(23)19-10-4-3-5-11-19/h3-17,25H,1-2H3. The number of carbonyl (C=O) groups excluding carboxylic acids is 1. The van der Waals surface area contributed by atoms with E-state index in [4.69, 9.17) is 0 Å². The average Bonchev–Trinajstić information content (AvgIpc) is 3.22. The highest BCUT2D eigenvalue weighted by Crippen LogP contribution is 2.44. The molecule has 0 N–H and O–H groups in total. The second-order valence-corrected chi connectivity index (χ2v) is 8.83. The lowest BCUT2D eigenvalue weighted by molar-refractivity contribution is 0.0970. The van der Waals surface area contributed by atoms with Crippen LogP contribution in [0.5, 0.6) is 0 Å². The van der Waals surface area contributed by atoms with Crippen LogP contribution in [0.4, 0.5) is 11.4 Å². The number of carbonyl (C=O) groups is 1. The maximum Gasteiger partial charge on any atom is 0.262 e. The van der Waals surface area contributed by atoms with Gasteiger partial charge in [-0.05, 0) is 42.8 Å². The summed E-state index contributed by atoms with van der Waals surface area (Å²) in [5.41, 5.74) is 4.77. The normalized spacial score (nSPS) is 15.9. The number of anilines is 2. The molecule has 1 aliphatic heterocycles. The molecule has 0 saturated carbocycles. The Morgan fingerprint density at radius 3 is 2.07 bits per heavy atom. The van der Waals surface area contributed by atoms with Crippen molar-refractivity contribution in [2.75, 3.05) is 16.8 Å². The maximum absolute atomic E-state index is 13.8. The lowest BCUT2D eigenvalue weighted by atomic mass is 9.99. The Balaban J connectivity index is 1.74. The predicted octanol–water partition coefficient (Wildman–Crippen LogP) is 6.52. The summed E-state index contributed by atoms with van der Waals surface area (Å²) in [5.74, 6) is 0.0307. The third-order valence-electron chi connectivity index (χ3n) is 5.61. The molecule has 0 radical (unpaired) electrons. The fraction of sp³-hybridized carbons (Fsp3) is 0.115. The minimum Gasteiger partial charge on any atom is -0.349 e. The first kappa shape index (κ1) is 18.6. The average molecular weight is 411 g/mol. The number of amides is 1. The molecule has 1 amide bonds. The number of hydrogen-bond acceptors (Lipinski definition) is 3. The molecule has 30 heavy (non-hydrogen) atoms. The molecule has 1 aliphatic rings. The molecule has 2 heterocycles. The van der Waals surface area contributed by atoms with Crippen molar-refractivity contribution in [2.24, 2.45) is 0 Å². The van der Waals surface area contributed by atoms with Crippen molar-refractivity contribution in [1.82, 2.24) is 0 Å². The highest BCUT2D eigenvalue weighted by molar-refractivity contribution is 7.12. The number of thiophene rings is 1. The molecule has 0 aliphatic carbocycles. The highest BCUT2D eigenvalue weighted by Gasteiger charge is 2.39. The van der Waals surface area contributed by atoms with Crippen LogP contribution in [0, 0.1) is 6.92 Å². The van der Waals surface area contributed by atoms with Gasteiger partial charge in [0.25, 0.3) is 5.91 Å². The van der Waals surface area contributed by atoms with E-state index < -0.39 is 0 Å². The molecule has 0 fully saturated rings. The van der Waals surface area contributed by atoms with Gasteiger partial charge in [-0.25, -0.2) is 0 Å². The van der Waals surface area contributed by atoms with E-state index in [9.17, 15) is 4.79 Å². The Kier molecular flexibility index (Phi) is 4.64. The van der Waals surface area contributed by atoms with Crippen LogP contribution in [0.15, 0.2) is 91.0 Å². The summed E-state index contributed by atoms with van der Waals surface area (Å²) in [6, 6.07) is 30.6. The molecule has 4 aromatic rings. The van der Waals surface area contributed by atoms with Crippen molar-refractivity contribution in [1.29, 1.82) is 0 Å². The molecular formula is C26H22N2OS. The van der Waals surface area contributed by atoms with Crippen molar-refractivity contribution in [3.05, 3.63) is 106 Å². The lowest BCUT2D eigenvalue weighted by Crippen LogP contribution is -2.48. The largest absolute Gasteiger partial charge is 0.349 e. The Bertz CT molecular complexity index is 1210. The predicted molar refractivity (Wildman–Crippen MR) is 125 cm³/mol. The number of fused-ring (bicyclic) bond motifs is 1. The first-order chi connectivity index (χ1) is 14.6. The quantitative estimate of drug-likeness (QED) is 0.384. The molecule has 4 heteroatoms. The molecule has 3 aromatic carbocycles. The zero-order valence-electron chi connectivity index (χ0n) is 16.9. The number of benzene rings is 3. The zero-order chi connectivity index (χ0) is 20.7. The fourth-order valence-corrected chi connectivity index (χ4v) is 5.22. The number of aryl methyl sites for hydroxylation is 1. The molecule has 3 nitrogen and oxygen atoms in total. The summed E-state index contributed by atoms with van der Waals surface area (Å²) in [6.07, 6.45) is -0.198. The van der Waals surface area contributed by atoms with Gasteiger partial charge in [0.05, 0.1) is 16.9 Å². The molecule has 5 rings (SSSR count). The molecule has 0 spiro atoms. The van der Waals surface area contributed by atoms with Crippen LogP contribution < -0.4 is 9.80 Å². The van der Waals surface area contributed by atoms with Gasteiger partial charge in [0.1, 0.15) is 6.17 Å². The number of nitrogens with zero attached hydrogens (tertiary/aromatic N) is 2. The summed E-state index contributed by atoms with van der Waals surface area (Å²) in [4.78, 5) is 20.4. The van der Waals surface area contributed by atoms with Crippen molar-refractivity contribution >= 4 is 28.6 Å². The van der Waals surface area contributed by atoms with Crippen molar-refractivity contribution in [3.63, 3.8) is 0 Å². The van der Waals surface area contributed by atoms with E-state index >= 15 is 0 Å².